The van der Waals surface area contributed by atoms with Crippen LogP contribution in [0, 0.1) is 5.82 Å². The average Bonchev–Trinajstić information content (AvgIpc) is 2.62. The summed E-state index contributed by atoms with van der Waals surface area (Å²) in [5.74, 6) is -5.23. The maximum absolute atomic E-state index is 13.8. The molecule has 10 heteroatoms. The third kappa shape index (κ3) is 3.54. The molecule has 1 aliphatic rings. The SMILES string of the molecule is O=C1Nc2cc(C(F)(F)F)c(F)cc2C(=NOC(=O)c2ccccc2)C1=O. The summed E-state index contributed by atoms with van der Waals surface area (Å²) in [7, 11) is 0. The zero-order chi connectivity index (χ0) is 19.8. The number of anilines is 1. The molecule has 138 valence electrons. The molecule has 0 aromatic heterocycles. The van der Waals surface area contributed by atoms with Crippen LogP contribution >= 0.6 is 0 Å². The van der Waals surface area contributed by atoms with E-state index in [1.165, 1.54) is 24.3 Å². The lowest BCUT2D eigenvalue weighted by Crippen LogP contribution is -2.36. The highest BCUT2D eigenvalue weighted by atomic mass is 19.4. The van der Waals surface area contributed by atoms with Crippen LogP contribution < -0.4 is 5.32 Å². The highest BCUT2D eigenvalue weighted by molar-refractivity contribution is 6.72. The van der Waals surface area contributed by atoms with Crippen molar-refractivity contribution < 1.29 is 36.8 Å². The number of nitrogens with one attached hydrogen (secondary N) is 1. The third-order valence-electron chi connectivity index (χ3n) is 3.57. The molecule has 3 rings (SSSR count). The Balaban J connectivity index is 2.02. The van der Waals surface area contributed by atoms with Gasteiger partial charge in [-0.2, -0.15) is 13.2 Å². The number of hydrogen-bond donors (Lipinski definition) is 1. The van der Waals surface area contributed by atoms with E-state index in [-0.39, 0.29) is 5.56 Å². The van der Waals surface area contributed by atoms with Gasteiger partial charge in [0.05, 0.1) is 16.8 Å². The van der Waals surface area contributed by atoms with E-state index in [1.807, 2.05) is 5.32 Å². The Labute approximate surface area is 148 Å². The van der Waals surface area contributed by atoms with E-state index < -0.39 is 52.2 Å². The number of hydrogen-bond acceptors (Lipinski definition) is 5. The number of carbonyl (C=O) groups excluding carboxylic acids is 3. The number of benzene rings is 2. The molecule has 27 heavy (non-hydrogen) atoms. The predicted octanol–water partition coefficient (Wildman–Crippen LogP) is 2.93. The first kappa shape index (κ1) is 18.2. The third-order valence-corrected chi connectivity index (χ3v) is 3.57. The molecule has 0 saturated carbocycles. The first-order valence-corrected chi connectivity index (χ1v) is 7.29. The topological polar surface area (TPSA) is 84.8 Å². The molecule has 0 bridgehead atoms. The number of oxime groups is 1. The molecule has 0 unspecified atom stereocenters. The molecule has 1 aliphatic heterocycles. The van der Waals surface area contributed by atoms with E-state index in [0.717, 1.165) is 0 Å². The van der Waals surface area contributed by atoms with E-state index in [2.05, 4.69) is 9.99 Å². The van der Waals surface area contributed by atoms with E-state index in [9.17, 15) is 31.9 Å². The lowest BCUT2D eigenvalue weighted by Gasteiger charge is -2.19. The maximum Gasteiger partial charge on any atom is 0.419 e. The van der Waals surface area contributed by atoms with Crippen LogP contribution in [0.25, 0.3) is 0 Å². The summed E-state index contributed by atoms with van der Waals surface area (Å²) in [5, 5.41) is 5.20. The molecule has 2 aromatic carbocycles. The van der Waals surface area contributed by atoms with E-state index in [4.69, 9.17) is 0 Å². The zero-order valence-corrected chi connectivity index (χ0v) is 13.1. The smallest absolute Gasteiger partial charge is 0.318 e. The lowest BCUT2D eigenvalue weighted by atomic mass is 9.97. The molecule has 0 atom stereocenters. The number of Topliss-reactive ketones (excluding diaryl/α,β-unsaturated/α-hetero) is 1. The van der Waals surface area contributed by atoms with Crippen LogP contribution in [0.15, 0.2) is 47.6 Å². The minimum atomic E-state index is -5.01. The molecule has 6 nitrogen and oxygen atoms in total. The van der Waals surface area contributed by atoms with Crippen LogP contribution in [0.5, 0.6) is 0 Å². The normalized spacial score (nSPS) is 15.3. The summed E-state index contributed by atoms with van der Waals surface area (Å²) < 4.78 is 52.3. The quantitative estimate of drug-likeness (QED) is 0.376. The van der Waals surface area contributed by atoms with Gasteiger partial charge in [0.2, 0.25) is 0 Å². The monoisotopic (exact) mass is 380 g/mol. The van der Waals surface area contributed by atoms with Crippen molar-refractivity contribution >= 4 is 29.1 Å². The van der Waals surface area contributed by atoms with Crippen LogP contribution in [-0.4, -0.2) is 23.4 Å². The molecule has 1 N–H and O–H groups in total. The number of alkyl halides is 3. The maximum atomic E-state index is 13.8. The van der Waals surface area contributed by atoms with Gasteiger partial charge in [-0.25, -0.2) is 9.18 Å². The number of rotatable bonds is 2. The van der Waals surface area contributed by atoms with Gasteiger partial charge in [0, 0.05) is 5.56 Å². The number of ketones is 1. The average molecular weight is 380 g/mol. The first-order valence-electron chi connectivity index (χ1n) is 7.29. The molecule has 0 aliphatic carbocycles. The Morgan fingerprint density at radius 1 is 1.07 bits per heavy atom. The lowest BCUT2D eigenvalue weighted by molar-refractivity contribution is -0.140. The van der Waals surface area contributed by atoms with Gasteiger partial charge >= 0.3 is 12.1 Å². The molecule has 1 heterocycles. The molecule has 0 radical (unpaired) electrons. The van der Waals surface area contributed by atoms with Gasteiger partial charge in [0.25, 0.3) is 11.7 Å². The van der Waals surface area contributed by atoms with Crippen molar-refractivity contribution in [2.24, 2.45) is 5.16 Å². The summed E-state index contributed by atoms with van der Waals surface area (Å²) in [6.07, 6.45) is -5.01. The van der Waals surface area contributed by atoms with Gasteiger partial charge < -0.3 is 10.2 Å². The Morgan fingerprint density at radius 2 is 1.74 bits per heavy atom. The van der Waals surface area contributed by atoms with Crippen LogP contribution in [0.4, 0.5) is 23.2 Å². The van der Waals surface area contributed by atoms with Crippen LogP contribution in [0.2, 0.25) is 0 Å². The molecule has 0 fully saturated rings. The second kappa shape index (κ2) is 6.63. The summed E-state index contributed by atoms with van der Waals surface area (Å²) in [5.41, 5.74) is -3.26. The Kier molecular flexibility index (Phi) is 4.48. The van der Waals surface area contributed by atoms with Gasteiger partial charge in [0.1, 0.15) is 5.82 Å². The second-order valence-electron chi connectivity index (χ2n) is 5.34. The van der Waals surface area contributed by atoms with E-state index in [1.54, 1.807) is 6.07 Å². The number of fused-ring (bicyclic) bond motifs is 1. The number of carbonyl (C=O) groups is 3. The number of nitrogens with zero attached hydrogens (tertiary/aromatic N) is 1. The highest BCUT2D eigenvalue weighted by Crippen LogP contribution is 2.35. The highest BCUT2D eigenvalue weighted by Gasteiger charge is 2.38. The largest absolute Gasteiger partial charge is 0.419 e. The Bertz CT molecular complexity index is 984. The van der Waals surface area contributed by atoms with Gasteiger partial charge in [-0.15, -0.1) is 0 Å². The summed E-state index contributed by atoms with van der Waals surface area (Å²) >= 11 is 0. The standard InChI is InChI=1S/C17H8F4N2O4/c18-11-6-9-12(7-10(11)17(19,20)21)22-15(25)14(24)13(9)23-27-16(26)8-4-2-1-3-5-8/h1-7H,(H,22,25). The van der Waals surface area contributed by atoms with E-state index in [0.29, 0.717) is 12.1 Å². The Morgan fingerprint density at radius 3 is 2.37 bits per heavy atom. The molecular formula is C17H8F4N2O4. The molecule has 0 spiro atoms. The van der Waals surface area contributed by atoms with Crippen molar-refractivity contribution in [2.75, 3.05) is 5.32 Å². The van der Waals surface area contributed by atoms with Gasteiger partial charge in [-0.1, -0.05) is 23.4 Å². The van der Waals surface area contributed by atoms with Gasteiger partial charge in [-0.05, 0) is 24.3 Å². The van der Waals surface area contributed by atoms with Crippen LogP contribution in [0.1, 0.15) is 21.5 Å². The summed E-state index contributed by atoms with van der Waals surface area (Å²) in [4.78, 5) is 40.1. The molecule has 0 saturated heterocycles. The van der Waals surface area contributed by atoms with Crippen molar-refractivity contribution in [1.82, 2.24) is 0 Å². The predicted molar refractivity (Wildman–Crippen MR) is 83.4 cm³/mol. The summed E-state index contributed by atoms with van der Waals surface area (Å²) in [6, 6.07) is 8.21. The molecule has 1 amide bonds. The Hall–Kier alpha value is -3.56. The first-order chi connectivity index (χ1) is 12.7. The fourth-order valence-electron chi connectivity index (χ4n) is 2.30. The van der Waals surface area contributed by atoms with Crippen molar-refractivity contribution in [1.29, 1.82) is 0 Å². The van der Waals surface area contributed by atoms with Crippen LogP contribution in [-0.2, 0) is 20.6 Å². The fourth-order valence-corrected chi connectivity index (χ4v) is 2.30. The number of halogens is 4. The fraction of sp³-hybridized carbons (Fsp3) is 0.0588. The zero-order valence-electron chi connectivity index (χ0n) is 13.1. The van der Waals surface area contributed by atoms with Crippen molar-refractivity contribution in [3.63, 3.8) is 0 Å². The van der Waals surface area contributed by atoms with Crippen molar-refractivity contribution in [2.45, 2.75) is 6.18 Å². The van der Waals surface area contributed by atoms with Gasteiger partial charge in [-0.3, -0.25) is 9.59 Å². The van der Waals surface area contributed by atoms with Gasteiger partial charge in [0.15, 0.2) is 5.71 Å². The van der Waals surface area contributed by atoms with Crippen molar-refractivity contribution in [3.8, 4) is 0 Å². The van der Waals surface area contributed by atoms with E-state index >= 15 is 0 Å². The van der Waals surface area contributed by atoms with Crippen LogP contribution in [0.3, 0.4) is 0 Å². The minimum Gasteiger partial charge on any atom is -0.318 e. The number of amides is 1. The second-order valence-corrected chi connectivity index (χ2v) is 5.34. The molecular weight excluding hydrogens is 372 g/mol. The van der Waals surface area contributed by atoms with Crippen molar-refractivity contribution in [3.05, 3.63) is 65.0 Å². The minimum absolute atomic E-state index is 0.0772. The molecule has 2 aromatic rings. The summed E-state index contributed by atoms with van der Waals surface area (Å²) in [6.45, 7) is 0.